The van der Waals surface area contributed by atoms with E-state index in [4.69, 9.17) is 36.4 Å². The number of carboxylic acid groups (broad SMARTS) is 1. The molecule has 0 rings (SSSR count). The molecule has 11 heteroatoms. The number of primary amides is 1. The molecule has 0 heterocycles. The van der Waals surface area contributed by atoms with Gasteiger partial charge in [0.15, 0.2) is 6.29 Å². The maximum atomic E-state index is 9.99. The average molecular weight is 312 g/mol. The van der Waals surface area contributed by atoms with Crippen molar-refractivity contribution in [2.24, 2.45) is 11.5 Å². The first-order valence-corrected chi connectivity index (χ1v) is 5.63. The maximum absolute atomic E-state index is 9.99. The number of amides is 1. The molecule has 5 atom stereocenters. The third-order valence-electron chi connectivity index (χ3n) is 2.16. The number of aldehydes is 1. The summed E-state index contributed by atoms with van der Waals surface area (Å²) in [4.78, 5) is 29.8. The van der Waals surface area contributed by atoms with Crippen LogP contribution < -0.4 is 11.5 Å². The second-order valence-electron chi connectivity index (χ2n) is 3.97. The quantitative estimate of drug-likeness (QED) is 0.199. The standard InChI is InChI=1S/C6H12O6.C4H8N2O3/c7-1-3(9)5(11)6(12)4(10)2-8;5-2(4(8)9)1-3(6)7/h1,3-6,8-12H,2H2;2H,1,5H2,(H2,6,7)(H,8,9)/t3-,4+,5+,6+;2-/m00/s1. The molecule has 0 aliphatic carbocycles. The molecule has 124 valence electrons. The Bertz CT molecular complexity index is 338. The zero-order valence-corrected chi connectivity index (χ0v) is 10.9. The minimum Gasteiger partial charge on any atom is -0.480 e. The van der Waals surface area contributed by atoms with Gasteiger partial charge in [0.2, 0.25) is 5.91 Å². The minimum atomic E-state index is -1.79. The highest BCUT2D eigenvalue weighted by Crippen LogP contribution is 2.02. The van der Waals surface area contributed by atoms with Crippen molar-refractivity contribution in [1.82, 2.24) is 0 Å². The van der Waals surface area contributed by atoms with Crippen LogP contribution in [0.3, 0.4) is 0 Å². The molecule has 0 aliphatic rings. The maximum Gasteiger partial charge on any atom is 0.321 e. The number of carbonyl (C=O) groups is 3. The second-order valence-corrected chi connectivity index (χ2v) is 3.97. The van der Waals surface area contributed by atoms with E-state index in [0.717, 1.165) is 0 Å². The first-order valence-electron chi connectivity index (χ1n) is 5.63. The summed E-state index contributed by atoms with van der Waals surface area (Å²) in [6, 6.07) is -1.16. The lowest BCUT2D eigenvalue weighted by Gasteiger charge is -2.22. The van der Waals surface area contributed by atoms with Gasteiger partial charge in [0.1, 0.15) is 30.5 Å². The van der Waals surface area contributed by atoms with Crippen molar-refractivity contribution in [1.29, 1.82) is 0 Å². The van der Waals surface area contributed by atoms with E-state index in [0.29, 0.717) is 0 Å². The molecule has 0 aromatic rings. The van der Waals surface area contributed by atoms with Gasteiger partial charge in [0.05, 0.1) is 13.0 Å². The van der Waals surface area contributed by atoms with Crippen LogP contribution in [-0.4, -0.2) is 85.9 Å². The fraction of sp³-hybridized carbons (Fsp3) is 0.700. The number of carbonyl (C=O) groups excluding carboxylic acids is 2. The van der Waals surface area contributed by atoms with Crippen LogP contribution in [0.25, 0.3) is 0 Å². The first-order chi connectivity index (χ1) is 9.58. The van der Waals surface area contributed by atoms with Crippen LogP contribution in [0.1, 0.15) is 6.42 Å². The third kappa shape index (κ3) is 9.84. The fourth-order valence-corrected chi connectivity index (χ4v) is 0.922. The van der Waals surface area contributed by atoms with E-state index in [9.17, 15) is 14.4 Å². The number of aliphatic hydroxyl groups excluding tert-OH is 5. The predicted octanol–water partition coefficient (Wildman–Crippen LogP) is -5.11. The number of carboxylic acids is 1. The normalized spacial score (nSPS) is 17.4. The molecule has 0 aliphatic heterocycles. The van der Waals surface area contributed by atoms with Gasteiger partial charge in [0, 0.05) is 0 Å². The molecule has 0 aromatic heterocycles. The van der Waals surface area contributed by atoms with Crippen LogP contribution in [0.2, 0.25) is 0 Å². The highest BCUT2D eigenvalue weighted by Gasteiger charge is 2.29. The van der Waals surface area contributed by atoms with Crippen molar-refractivity contribution in [3.8, 4) is 0 Å². The lowest BCUT2D eigenvalue weighted by Crippen LogP contribution is -2.46. The number of hydrogen-bond donors (Lipinski definition) is 8. The summed E-state index contributed by atoms with van der Waals surface area (Å²) in [6.45, 7) is -0.760. The Labute approximate surface area is 119 Å². The van der Waals surface area contributed by atoms with Gasteiger partial charge in [-0.15, -0.1) is 0 Å². The second kappa shape index (κ2) is 11.1. The molecule has 0 spiro atoms. The summed E-state index contributed by atoms with van der Waals surface area (Å²) in [6.07, 6.45) is -7.15. The fourth-order valence-electron chi connectivity index (χ4n) is 0.922. The topological polar surface area (TPSA) is 225 Å². The monoisotopic (exact) mass is 312 g/mol. The van der Waals surface area contributed by atoms with E-state index in [-0.39, 0.29) is 12.7 Å². The zero-order valence-electron chi connectivity index (χ0n) is 10.9. The largest absolute Gasteiger partial charge is 0.480 e. The number of aliphatic carboxylic acids is 1. The Morgan fingerprint density at radius 3 is 1.81 bits per heavy atom. The predicted molar refractivity (Wildman–Crippen MR) is 66.6 cm³/mol. The molecule has 0 bridgehead atoms. The van der Waals surface area contributed by atoms with Crippen molar-refractivity contribution in [2.45, 2.75) is 36.9 Å². The molecule has 0 aromatic carbocycles. The molecule has 0 saturated carbocycles. The van der Waals surface area contributed by atoms with Gasteiger partial charge in [-0.3, -0.25) is 9.59 Å². The van der Waals surface area contributed by atoms with Crippen LogP contribution in [0.4, 0.5) is 0 Å². The van der Waals surface area contributed by atoms with Gasteiger partial charge in [-0.05, 0) is 0 Å². The summed E-state index contributed by atoms with van der Waals surface area (Å²) in [5.41, 5.74) is 9.57. The lowest BCUT2D eigenvalue weighted by molar-refractivity contribution is -0.140. The van der Waals surface area contributed by atoms with E-state index >= 15 is 0 Å². The van der Waals surface area contributed by atoms with Crippen molar-refractivity contribution in [3.63, 3.8) is 0 Å². The Balaban J connectivity index is 0. The summed E-state index contributed by atoms with van der Waals surface area (Å²) in [5, 5.41) is 51.6. The summed E-state index contributed by atoms with van der Waals surface area (Å²) >= 11 is 0. The first kappa shape index (κ1) is 21.7. The van der Waals surface area contributed by atoms with Gasteiger partial charge in [-0.2, -0.15) is 0 Å². The smallest absolute Gasteiger partial charge is 0.321 e. The number of rotatable bonds is 8. The zero-order chi connectivity index (χ0) is 17.2. The Kier molecular flexibility index (Phi) is 11.4. The molecule has 0 fully saturated rings. The molecule has 0 radical (unpaired) electrons. The van der Waals surface area contributed by atoms with Crippen LogP contribution in [0.5, 0.6) is 0 Å². The van der Waals surface area contributed by atoms with Gasteiger partial charge in [0.25, 0.3) is 0 Å². The van der Waals surface area contributed by atoms with E-state index in [1.807, 2.05) is 0 Å². The molecule has 1 amide bonds. The van der Waals surface area contributed by atoms with Crippen molar-refractivity contribution in [2.75, 3.05) is 6.61 Å². The van der Waals surface area contributed by atoms with Gasteiger partial charge < -0.3 is 46.9 Å². The SMILES string of the molecule is NC(=O)C[C@H](N)C(=O)O.O=C[C@H](O)[C@@H](O)[C@H](O)[C@H](O)CO. The van der Waals surface area contributed by atoms with Crippen LogP contribution >= 0.6 is 0 Å². The number of hydrogen-bond acceptors (Lipinski definition) is 9. The molecule has 10 N–H and O–H groups in total. The van der Waals surface area contributed by atoms with Crippen LogP contribution in [-0.2, 0) is 14.4 Å². The van der Waals surface area contributed by atoms with E-state index < -0.39 is 48.9 Å². The lowest BCUT2D eigenvalue weighted by atomic mass is 10.0. The molecule has 0 saturated heterocycles. The Hall–Kier alpha value is -1.63. The molecule has 21 heavy (non-hydrogen) atoms. The Morgan fingerprint density at radius 1 is 1.10 bits per heavy atom. The van der Waals surface area contributed by atoms with Gasteiger partial charge in [-0.1, -0.05) is 0 Å². The minimum absolute atomic E-state index is 0.0258. The van der Waals surface area contributed by atoms with Crippen molar-refractivity contribution in [3.05, 3.63) is 0 Å². The number of aliphatic hydroxyl groups is 5. The van der Waals surface area contributed by atoms with E-state index in [1.165, 1.54) is 0 Å². The summed E-state index contributed by atoms with van der Waals surface area (Å²) in [5.74, 6) is -1.92. The van der Waals surface area contributed by atoms with Gasteiger partial charge >= 0.3 is 5.97 Å². The highest BCUT2D eigenvalue weighted by atomic mass is 16.4. The molecule has 11 nitrogen and oxygen atoms in total. The average Bonchev–Trinajstić information content (AvgIpc) is 2.43. The molecular formula is C10H20N2O9. The van der Waals surface area contributed by atoms with Crippen LogP contribution in [0, 0.1) is 0 Å². The third-order valence-corrected chi connectivity index (χ3v) is 2.16. The summed E-state index contributed by atoms with van der Waals surface area (Å²) < 4.78 is 0. The van der Waals surface area contributed by atoms with Crippen molar-refractivity contribution >= 4 is 18.2 Å². The Morgan fingerprint density at radius 2 is 1.57 bits per heavy atom. The van der Waals surface area contributed by atoms with Crippen molar-refractivity contribution < 1.29 is 45.0 Å². The summed E-state index contributed by atoms with van der Waals surface area (Å²) in [7, 11) is 0. The van der Waals surface area contributed by atoms with E-state index in [1.54, 1.807) is 0 Å². The number of nitrogens with two attached hydrogens (primary N) is 2. The molecule has 0 unspecified atom stereocenters. The molecular weight excluding hydrogens is 292 g/mol. The highest BCUT2D eigenvalue weighted by molar-refractivity contribution is 5.83. The van der Waals surface area contributed by atoms with Gasteiger partial charge in [-0.25, -0.2) is 0 Å². The van der Waals surface area contributed by atoms with E-state index in [2.05, 4.69) is 5.73 Å². The van der Waals surface area contributed by atoms with Crippen LogP contribution in [0.15, 0.2) is 0 Å².